The average molecular weight is 289 g/mol. The Hall–Kier alpha value is -2.46. The topological polar surface area (TPSA) is 90.6 Å². The van der Waals surface area contributed by atoms with Crippen LogP contribution in [-0.2, 0) is 0 Å². The van der Waals surface area contributed by atoms with E-state index >= 15 is 0 Å². The summed E-state index contributed by atoms with van der Waals surface area (Å²) in [5.74, 6) is 0.0427. The molecule has 11 heteroatoms. The molecule has 0 bridgehead atoms. The standard InChI is InChI=1S/C9H10F3N7O/c1-5(9(10,11)12)20-8-17-6(13-2)16-7(18-8)19-4-14-3-15-19/h3-5H,1-2H3,(H,13,16,17,18). The Bertz CT molecular complexity index is 571. The van der Waals surface area contributed by atoms with Gasteiger partial charge in [0.1, 0.15) is 12.7 Å². The van der Waals surface area contributed by atoms with Gasteiger partial charge in [0.2, 0.25) is 5.95 Å². The molecule has 2 heterocycles. The molecule has 2 rings (SSSR count). The molecule has 0 fully saturated rings. The third-order valence-electron chi connectivity index (χ3n) is 2.19. The van der Waals surface area contributed by atoms with Crippen LogP contribution in [0.2, 0.25) is 0 Å². The highest BCUT2D eigenvalue weighted by Gasteiger charge is 2.38. The van der Waals surface area contributed by atoms with E-state index in [0.717, 1.165) is 6.92 Å². The van der Waals surface area contributed by atoms with Crippen molar-refractivity contribution in [2.75, 3.05) is 12.4 Å². The van der Waals surface area contributed by atoms with Crippen LogP contribution in [0.15, 0.2) is 12.7 Å². The predicted octanol–water partition coefficient (Wildman–Crippen LogP) is 0.824. The molecule has 0 aliphatic heterocycles. The maximum absolute atomic E-state index is 12.5. The summed E-state index contributed by atoms with van der Waals surface area (Å²) in [6, 6.07) is -0.459. The number of anilines is 1. The molecule has 1 atom stereocenters. The van der Waals surface area contributed by atoms with E-state index in [4.69, 9.17) is 0 Å². The van der Waals surface area contributed by atoms with Crippen LogP contribution in [0.1, 0.15) is 6.92 Å². The maximum Gasteiger partial charge on any atom is 0.425 e. The molecule has 0 spiro atoms. The summed E-state index contributed by atoms with van der Waals surface area (Å²) >= 11 is 0. The molecule has 0 aliphatic carbocycles. The predicted molar refractivity (Wildman–Crippen MR) is 60.4 cm³/mol. The summed E-state index contributed by atoms with van der Waals surface area (Å²) in [5.41, 5.74) is 0. The molecule has 108 valence electrons. The van der Waals surface area contributed by atoms with Gasteiger partial charge in [-0.3, -0.25) is 0 Å². The number of nitrogens with zero attached hydrogens (tertiary/aromatic N) is 6. The van der Waals surface area contributed by atoms with Gasteiger partial charge in [0.05, 0.1) is 0 Å². The summed E-state index contributed by atoms with van der Waals surface area (Å²) in [5, 5.41) is 6.37. The number of halogens is 3. The molecular formula is C9H10F3N7O. The third-order valence-corrected chi connectivity index (χ3v) is 2.19. The van der Waals surface area contributed by atoms with E-state index in [9.17, 15) is 13.2 Å². The number of alkyl halides is 3. The third kappa shape index (κ3) is 3.10. The van der Waals surface area contributed by atoms with Crippen LogP contribution >= 0.6 is 0 Å². The Morgan fingerprint density at radius 1 is 1.30 bits per heavy atom. The van der Waals surface area contributed by atoms with E-state index in [2.05, 4.69) is 35.1 Å². The first kappa shape index (κ1) is 14.0. The van der Waals surface area contributed by atoms with Gasteiger partial charge in [0.25, 0.3) is 5.95 Å². The fourth-order valence-electron chi connectivity index (χ4n) is 1.15. The smallest absolute Gasteiger partial charge is 0.425 e. The van der Waals surface area contributed by atoms with Gasteiger partial charge in [0, 0.05) is 7.05 Å². The largest absolute Gasteiger partial charge is 0.451 e. The number of hydrogen-bond donors (Lipinski definition) is 1. The minimum atomic E-state index is -4.51. The second-order valence-corrected chi connectivity index (χ2v) is 3.63. The zero-order valence-corrected chi connectivity index (χ0v) is 10.5. The summed E-state index contributed by atoms with van der Waals surface area (Å²) in [6.45, 7) is 0.859. The number of hydrogen-bond acceptors (Lipinski definition) is 7. The highest BCUT2D eigenvalue weighted by Crippen LogP contribution is 2.23. The second-order valence-electron chi connectivity index (χ2n) is 3.63. The van der Waals surface area contributed by atoms with Crippen LogP contribution < -0.4 is 10.1 Å². The van der Waals surface area contributed by atoms with Gasteiger partial charge in [0.15, 0.2) is 6.10 Å². The SMILES string of the molecule is CNc1nc(OC(C)C(F)(F)F)nc(-n2cncn2)n1. The molecule has 1 unspecified atom stereocenters. The van der Waals surface area contributed by atoms with Crippen molar-refractivity contribution in [1.82, 2.24) is 29.7 Å². The Kier molecular flexibility index (Phi) is 3.68. The quantitative estimate of drug-likeness (QED) is 0.891. The molecule has 0 saturated heterocycles. The first-order chi connectivity index (χ1) is 9.40. The Morgan fingerprint density at radius 3 is 2.60 bits per heavy atom. The van der Waals surface area contributed by atoms with Crippen LogP contribution in [0.25, 0.3) is 5.95 Å². The first-order valence-corrected chi connectivity index (χ1v) is 5.42. The summed E-state index contributed by atoms with van der Waals surface area (Å²) < 4.78 is 43.2. The molecule has 0 saturated carbocycles. The fourth-order valence-corrected chi connectivity index (χ4v) is 1.15. The second kappa shape index (κ2) is 5.27. The zero-order valence-electron chi connectivity index (χ0n) is 10.5. The maximum atomic E-state index is 12.5. The summed E-state index contributed by atoms with van der Waals surface area (Å²) in [7, 11) is 1.51. The molecule has 2 aromatic heterocycles. The van der Waals surface area contributed by atoms with Gasteiger partial charge in [-0.15, -0.1) is 0 Å². The number of ether oxygens (including phenoxy) is 1. The van der Waals surface area contributed by atoms with Crippen molar-refractivity contribution in [3.63, 3.8) is 0 Å². The normalized spacial score (nSPS) is 13.1. The van der Waals surface area contributed by atoms with Gasteiger partial charge >= 0.3 is 12.2 Å². The Morgan fingerprint density at radius 2 is 2.05 bits per heavy atom. The number of aromatic nitrogens is 6. The van der Waals surface area contributed by atoms with Gasteiger partial charge in [-0.2, -0.15) is 37.9 Å². The number of nitrogens with one attached hydrogen (secondary N) is 1. The van der Waals surface area contributed by atoms with Crippen molar-refractivity contribution in [3.8, 4) is 12.0 Å². The van der Waals surface area contributed by atoms with Crippen molar-refractivity contribution in [3.05, 3.63) is 12.7 Å². The molecule has 0 aliphatic rings. The molecule has 0 aromatic carbocycles. The molecule has 1 N–H and O–H groups in total. The fraction of sp³-hybridized carbons (Fsp3) is 0.444. The van der Waals surface area contributed by atoms with Crippen molar-refractivity contribution in [1.29, 1.82) is 0 Å². The molecule has 2 aromatic rings. The number of rotatable bonds is 4. The van der Waals surface area contributed by atoms with E-state index < -0.39 is 18.3 Å². The lowest BCUT2D eigenvalue weighted by molar-refractivity contribution is -0.190. The van der Waals surface area contributed by atoms with Gasteiger partial charge in [-0.05, 0) is 6.92 Å². The molecule has 8 nitrogen and oxygen atoms in total. The van der Waals surface area contributed by atoms with E-state index in [0.29, 0.717) is 0 Å². The van der Waals surface area contributed by atoms with E-state index in [1.807, 2.05) is 0 Å². The molecule has 0 amide bonds. The van der Waals surface area contributed by atoms with Crippen LogP contribution in [-0.4, -0.2) is 49.0 Å². The molecule has 20 heavy (non-hydrogen) atoms. The molecule has 0 radical (unpaired) electrons. The van der Waals surface area contributed by atoms with Gasteiger partial charge in [-0.1, -0.05) is 0 Å². The van der Waals surface area contributed by atoms with E-state index in [1.165, 1.54) is 24.4 Å². The van der Waals surface area contributed by atoms with E-state index in [-0.39, 0.29) is 11.9 Å². The van der Waals surface area contributed by atoms with Crippen LogP contribution in [0, 0.1) is 0 Å². The summed E-state index contributed by atoms with van der Waals surface area (Å²) in [6.07, 6.45) is -4.02. The average Bonchev–Trinajstić information content (AvgIpc) is 2.91. The first-order valence-electron chi connectivity index (χ1n) is 5.42. The lowest BCUT2D eigenvalue weighted by Crippen LogP contribution is -2.32. The minimum Gasteiger partial charge on any atom is -0.451 e. The monoisotopic (exact) mass is 289 g/mol. The van der Waals surface area contributed by atoms with Gasteiger partial charge < -0.3 is 10.1 Å². The molecular weight excluding hydrogens is 279 g/mol. The zero-order chi connectivity index (χ0) is 14.8. The van der Waals surface area contributed by atoms with Crippen molar-refractivity contribution in [2.45, 2.75) is 19.2 Å². The van der Waals surface area contributed by atoms with Crippen molar-refractivity contribution < 1.29 is 17.9 Å². The highest BCUT2D eigenvalue weighted by molar-refractivity contribution is 5.28. The van der Waals surface area contributed by atoms with Gasteiger partial charge in [-0.25, -0.2) is 4.98 Å². The van der Waals surface area contributed by atoms with Crippen LogP contribution in [0.5, 0.6) is 6.01 Å². The lowest BCUT2D eigenvalue weighted by Gasteiger charge is -2.16. The Balaban J connectivity index is 2.32. The van der Waals surface area contributed by atoms with E-state index in [1.54, 1.807) is 0 Å². The summed E-state index contributed by atoms with van der Waals surface area (Å²) in [4.78, 5) is 15.1. The van der Waals surface area contributed by atoms with Crippen LogP contribution in [0.4, 0.5) is 19.1 Å². The lowest BCUT2D eigenvalue weighted by atomic mass is 10.4. The Labute approximate surface area is 111 Å². The highest BCUT2D eigenvalue weighted by atomic mass is 19.4. The van der Waals surface area contributed by atoms with Crippen molar-refractivity contribution >= 4 is 5.95 Å². The van der Waals surface area contributed by atoms with Crippen molar-refractivity contribution in [2.24, 2.45) is 0 Å². The van der Waals surface area contributed by atoms with Crippen LogP contribution in [0.3, 0.4) is 0 Å². The minimum absolute atomic E-state index is 0.00813.